The van der Waals surface area contributed by atoms with E-state index in [1.54, 1.807) is 6.20 Å². The minimum absolute atomic E-state index is 0.542. The van der Waals surface area contributed by atoms with Crippen molar-refractivity contribution in [3.05, 3.63) is 29.0 Å². The van der Waals surface area contributed by atoms with Crippen molar-refractivity contribution < 1.29 is 0 Å². The predicted octanol–water partition coefficient (Wildman–Crippen LogP) is 3.30. The third-order valence-electron chi connectivity index (χ3n) is 3.97. The van der Waals surface area contributed by atoms with Gasteiger partial charge in [-0.05, 0) is 49.8 Å². The van der Waals surface area contributed by atoms with E-state index in [4.69, 9.17) is 11.6 Å². The normalized spacial score (nSPS) is 26.1. The van der Waals surface area contributed by atoms with E-state index in [1.807, 2.05) is 12.3 Å². The second-order valence-electron chi connectivity index (χ2n) is 5.24. The summed E-state index contributed by atoms with van der Waals surface area (Å²) in [4.78, 5) is 4.04. The minimum atomic E-state index is 0.542. The van der Waals surface area contributed by atoms with Gasteiger partial charge in [0.25, 0.3) is 0 Å². The SMILES string of the molecule is CNC(Cc1ccncc1Cl)C1CCC(C)C1. The molecular weight excluding hydrogens is 232 g/mol. The maximum absolute atomic E-state index is 6.17. The van der Waals surface area contributed by atoms with Gasteiger partial charge in [0, 0.05) is 18.4 Å². The Labute approximate surface area is 109 Å². The first-order valence-electron chi connectivity index (χ1n) is 6.46. The van der Waals surface area contributed by atoms with Crippen LogP contribution in [0, 0.1) is 11.8 Å². The molecule has 0 saturated heterocycles. The highest BCUT2D eigenvalue weighted by Crippen LogP contribution is 2.34. The number of hydrogen-bond acceptors (Lipinski definition) is 2. The van der Waals surface area contributed by atoms with Crippen molar-refractivity contribution in [3.63, 3.8) is 0 Å². The summed E-state index contributed by atoms with van der Waals surface area (Å²) in [5.74, 6) is 1.67. The van der Waals surface area contributed by atoms with Crippen LogP contribution >= 0.6 is 11.6 Å². The monoisotopic (exact) mass is 252 g/mol. The van der Waals surface area contributed by atoms with Crippen molar-refractivity contribution >= 4 is 11.6 Å². The molecule has 0 aliphatic heterocycles. The Kier molecular flexibility index (Phi) is 4.41. The van der Waals surface area contributed by atoms with Crippen LogP contribution in [-0.2, 0) is 6.42 Å². The highest BCUT2D eigenvalue weighted by molar-refractivity contribution is 6.31. The van der Waals surface area contributed by atoms with E-state index in [-0.39, 0.29) is 0 Å². The van der Waals surface area contributed by atoms with Gasteiger partial charge in [-0.3, -0.25) is 4.98 Å². The average molecular weight is 253 g/mol. The fraction of sp³-hybridized carbons (Fsp3) is 0.643. The summed E-state index contributed by atoms with van der Waals surface area (Å²) >= 11 is 6.17. The Hall–Kier alpha value is -0.600. The highest BCUT2D eigenvalue weighted by Gasteiger charge is 2.28. The van der Waals surface area contributed by atoms with Crippen molar-refractivity contribution in [1.29, 1.82) is 0 Å². The van der Waals surface area contributed by atoms with Gasteiger partial charge in [0.15, 0.2) is 0 Å². The van der Waals surface area contributed by atoms with E-state index in [0.29, 0.717) is 6.04 Å². The number of rotatable bonds is 4. The van der Waals surface area contributed by atoms with Gasteiger partial charge in [-0.15, -0.1) is 0 Å². The van der Waals surface area contributed by atoms with Gasteiger partial charge in [-0.2, -0.15) is 0 Å². The molecule has 1 fully saturated rings. The summed E-state index contributed by atoms with van der Waals surface area (Å²) in [6, 6.07) is 2.57. The smallest absolute Gasteiger partial charge is 0.0621 e. The quantitative estimate of drug-likeness (QED) is 0.890. The lowest BCUT2D eigenvalue weighted by molar-refractivity contribution is 0.367. The number of aromatic nitrogens is 1. The van der Waals surface area contributed by atoms with E-state index < -0.39 is 0 Å². The Morgan fingerprint density at radius 1 is 1.53 bits per heavy atom. The van der Waals surface area contributed by atoms with Crippen LogP contribution < -0.4 is 5.32 Å². The molecule has 1 aromatic rings. The van der Waals surface area contributed by atoms with Crippen molar-refractivity contribution in [3.8, 4) is 0 Å². The summed E-state index contributed by atoms with van der Waals surface area (Å²) in [5.41, 5.74) is 1.21. The van der Waals surface area contributed by atoms with Crippen molar-refractivity contribution in [1.82, 2.24) is 10.3 Å². The van der Waals surface area contributed by atoms with E-state index in [9.17, 15) is 0 Å². The van der Waals surface area contributed by atoms with Crippen molar-refractivity contribution in [2.24, 2.45) is 11.8 Å². The summed E-state index contributed by atoms with van der Waals surface area (Å²) in [7, 11) is 2.06. The Morgan fingerprint density at radius 3 is 2.94 bits per heavy atom. The number of halogens is 1. The maximum atomic E-state index is 6.17. The van der Waals surface area contributed by atoms with Gasteiger partial charge >= 0.3 is 0 Å². The van der Waals surface area contributed by atoms with E-state index in [1.165, 1.54) is 24.8 Å². The van der Waals surface area contributed by atoms with Crippen LogP contribution in [0.2, 0.25) is 5.02 Å². The van der Waals surface area contributed by atoms with E-state index >= 15 is 0 Å². The second kappa shape index (κ2) is 5.83. The van der Waals surface area contributed by atoms with Crippen LogP contribution in [0.1, 0.15) is 31.7 Å². The van der Waals surface area contributed by atoms with Gasteiger partial charge in [0.05, 0.1) is 5.02 Å². The van der Waals surface area contributed by atoms with Crippen LogP contribution in [-0.4, -0.2) is 18.1 Å². The Morgan fingerprint density at radius 2 is 2.35 bits per heavy atom. The number of likely N-dealkylation sites (N-methyl/N-ethyl adjacent to an activating group) is 1. The van der Waals surface area contributed by atoms with Crippen LogP contribution in [0.25, 0.3) is 0 Å². The zero-order valence-corrected chi connectivity index (χ0v) is 11.4. The average Bonchev–Trinajstić information content (AvgIpc) is 2.75. The lowest BCUT2D eigenvalue weighted by atomic mass is 9.92. The van der Waals surface area contributed by atoms with Crippen LogP contribution in [0.5, 0.6) is 0 Å². The molecule has 2 rings (SSSR count). The molecule has 3 heteroatoms. The molecule has 1 aromatic heterocycles. The minimum Gasteiger partial charge on any atom is -0.316 e. The fourth-order valence-corrected chi connectivity index (χ4v) is 3.12. The molecule has 1 aliphatic rings. The molecular formula is C14H21ClN2. The molecule has 1 N–H and O–H groups in total. The van der Waals surface area contributed by atoms with Crippen LogP contribution in [0.15, 0.2) is 18.5 Å². The lowest BCUT2D eigenvalue weighted by Crippen LogP contribution is -2.34. The van der Waals surface area contributed by atoms with Crippen LogP contribution in [0.4, 0.5) is 0 Å². The van der Waals surface area contributed by atoms with Crippen LogP contribution in [0.3, 0.4) is 0 Å². The third kappa shape index (κ3) is 3.20. The fourth-order valence-electron chi connectivity index (χ4n) is 2.93. The Bertz CT molecular complexity index is 367. The number of nitrogens with one attached hydrogen (secondary N) is 1. The number of nitrogens with zero attached hydrogens (tertiary/aromatic N) is 1. The first-order valence-corrected chi connectivity index (χ1v) is 6.84. The third-order valence-corrected chi connectivity index (χ3v) is 4.31. The molecule has 0 radical (unpaired) electrons. The first kappa shape index (κ1) is 12.8. The topological polar surface area (TPSA) is 24.9 Å². The lowest BCUT2D eigenvalue weighted by Gasteiger charge is -2.23. The molecule has 94 valence electrons. The zero-order valence-electron chi connectivity index (χ0n) is 10.6. The zero-order chi connectivity index (χ0) is 12.3. The predicted molar refractivity (Wildman–Crippen MR) is 72.3 cm³/mol. The molecule has 2 nitrogen and oxygen atoms in total. The molecule has 1 saturated carbocycles. The highest BCUT2D eigenvalue weighted by atomic mass is 35.5. The van der Waals surface area contributed by atoms with Gasteiger partial charge in [0.1, 0.15) is 0 Å². The summed E-state index contributed by atoms with van der Waals surface area (Å²) in [6.45, 7) is 2.35. The standard InChI is InChI=1S/C14H21ClN2/c1-10-3-4-12(7-10)14(16-2)8-11-5-6-17-9-13(11)15/h5-6,9-10,12,14,16H,3-4,7-8H2,1-2H3. The van der Waals surface area contributed by atoms with Gasteiger partial charge in [0.2, 0.25) is 0 Å². The van der Waals surface area contributed by atoms with Gasteiger partial charge < -0.3 is 5.32 Å². The second-order valence-corrected chi connectivity index (χ2v) is 5.65. The molecule has 0 aromatic carbocycles. The Balaban J connectivity index is 2.03. The number of pyridine rings is 1. The molecule has 0 amide bonds. The van der Waals surface area contributed by atoms with Gasteiger partial charge in [-0.25, -0.2) is 0 Å². The maximum Gasteiger partial charge on any atom is 0.0621 e. The van der Waals surface area contributed by atoms with Crippen molar-refractivity contribution in [2.75, 3.05) is 7.05 Å². The molecule has 0 bridgehead atoms. The first-order chi connectivity index (χ1) is 8.20. The summed E-state index contributed by atoms with van der Waals surface area (Å²) < 4.78 is 0. The van der Waals surface area contributed by atoms with E-state index in [0.717, 1.165) is 23.3 Å². The summed E-state index contributed by atoms with van der Waals surface area (Å²) in [5, 5.41) is 4.25. The molecule has 0 spiro atoms. The largest absolute Gasteiger partial charge is 0.316 e. The molecule has 1 aliphatic carbocycles. The summed E-state index contributed by atoms with van der Waals surface area (Å²) in [6.07, 6.45) is 8.62. The molecule has 1 heterocycles. The molecule has 17 heavy (non-hydrogen) atoms. The molecule has 3 atom stereocenters. The van der Waals surface area contributed by atoms with E-state index in [2.05, 4.69) is 24.3 Å². The van der Waals surface area contributed by atoms with Gasteiger partial charge in [-0.1, -0.05) is 24.9 Å². The molecule has 3 unspecified atom stereocenters. The van der Waals surface area contributed by atoms with Crippen molar-refractivity contribution in [2.45, 2.75) is 38.6 Å². The number of hydrogen-bond donors (Lipinski definition) is 1.